The summed E-state index contributed by atoms with van der Waals surface area (Å²) in [7, 11) is 1.66. The molecule has 1 aromatic rings. The molecule has 0 aromatic carbocycles. The first-order chi connectivity index (χ1) is 9.51. The monoisotopic (exact) mass is 298 g/mol. The van der Waals surface area contributed by atoms with E-state index < -0.39 is 16.9 Å². The van der Waals surface area contributed by atoms with Gasteiger partial charge in [0.2, 0.25) is 11.6 Å². The minimum absolute atomic E-state index is 0.102. The van der Waals surface area contributed by atoms with Gasteiger partial charge in [0.05, 0.1) is 6.42 Å². The minimum Gasteiger partial charge on any atom is -0.481 e. The normalized spacial score (nSPS) is 13.0. The van der Waals surface area contributed by atoms with Gasteiger partial charge in [-0.25, -0.2) is 0 Å². The molecule has 0 aliphatic heterocycles. The largest absolute Gasteiger partial charge is 0.481 e. The smallest absolute Gasteiger partial charge is 0.406 e. The summed E-state index contributed by atoms with van der Waals surface area (Å²) >= 11 is 0. The molecule has 0 amide bonds. The van der Waals surface area contributed by atoms with E-state index in [0.29, 0.717) is 12.2 Å². The van der Waals surface area contributed by atoms with Crippen LogP contribution in [0.4, 0.5) is 11.6 Å². The molecule has 1 aromatic heterocycles. The van der Waals surface area contributed by atoms with Crippen molar-refractivity contribution in [2.75, 3.05) is 5.32 Å². The first kappa shape index (κ1) is 16.9. The fourth-order valence-electron chi connectivity index (χ4n) is 2.20. The van der Waals surface area contributed by atoms with Gasteiger partial charge in [0.15, 0.2) is 0 Å². The lowest BCUT2D eigenvalue weighted by atomic mass is 9.87. The van der Waals surface area contributed by atoms with E-state index in [4.69, 9.17) is 5.11 Å². The number of imidazole rings is 1. The van der Waals surface area contributed by atoms with Crippen molar-refractivity contribution in [3.05, 3.63) is 15.9 Å². The van der Waals surface area contributed by atoms with Crippen molar-refractivity contribution >= 4 is 17.6 Å². The molecule has 0 aliphatic rings. The maximum absolute atomic E-state index is 11.0. The number of rotatable bonds is 6. The second-order valence-corrected chi connectivity index (χ2v) is 6.35. The molecule has 0 saturated heterocycles. The van der Waals surface area contributed by atoms with Crippen molar-refractivity contribution in [3.8, 4) is 0 Å². The highest BCUT2D eigenvalue weighted by Crippen LogP contribution is 2.29. The summed E-state index contributed by atoms with van der Waals surface area (Å²) < 4.78 is 1.57. The van der Waals surface area contributed by atoms with E-state index in [1.165, 1.54) is 0 Å². The van der Waals surface area contributed by atoms with Crippen LogP contribution in [0.1, 0.15) is 39.4 Å². The van der Waals surface area contributed by atoms with Crippen LogP contribution in [-0.4, -0.2) is 31.6 Å². The molecule has 118 valence electrons. The number of nitrogens with zero attached hydrogens (tertiary/aromatic N) is 3. The molecule has 0 saturated carbocycles. The third kappa shape index (κ3) is 4.73. The van der Waals surface area contributed by atoms with Crippen molar-refractivity contribution in [1.29, 1.82) is 0 Å². The first-order valence-corrected chi connectivity index (χ1v) is 6.67. The number of carboxylic acid groups (broad SMARTS) is 1. The Labute approximate surface area is 123 Å². The number of hydrogen-bond acceptors (Lipinski definition) is 5. The SMILES string of the molecule is Cc1nc([N+](=O)[O-])c(NC(CC(=O)O)CC(C)(C)C)n1C. The number of aryl methyl sites for hydroxylation is 1. The molecule has 0 aliphatic carbocycles. The van der Waals surface area contributed by atoms with Gasteiger partial charge in [-0.3, -0.25) is 9.36 Å². The fraction of sp³-hybridized carbons (Fsp3) is 0.692. The Hall–Kier alpha value is -2.12. The van der Waals surface area contributed by atoms with E-state index >= 15 is 0 Å². The highest BCUT2D eigenvalue weighted by molar-refractivity contribution is 5.68. The third-order valence-electron chi connectivity index (χ3n) is 3.09. The average molecular weight is 298 g/mol. The number of nitro groups is 1. The first-order valence-electron chi connectivity index (χ1n) is 6.67. The van der Waals surface area contributed by atoms with Crippen molar-refractivity contribution in [2.45, 2.75) is 46.6 Å². The summed E-state index contributed by atoms with van der Waals surface area (Å²) in [6, 6.07) is -0.406. The maximum atomic E-state index is 11.0. The number of carbonyl (C=O) groups is 1. The zero-order valence-corrected chi connectivity index (χ0v) is 13.0. The molecule has 0 fully saturated rings. The van der Waals surface area contributed by atoms with E-state index in [1.807, 2.05) is 20.8 Å². The van der Waals surface area contributed by atoms with Crippen LogP contribution in [0.5, 0.6) is 0 Å². The van der Waals surface area contributed by atoms with Crippen molar-refractivity contribution < 1.29 is 14.8 Å². The molecule has 0 spiro atoms. The van der Waals surface area contributed by atoms with Crippen LogP contribution >= 0.6 is 0 Å². The molecular weight excluding hydrogens is 276 g/mol. The Morgan fingerprint density at radius 2 is 2.10 bits per heavy atom. The van der Waals surface area contributed by atoms with Gasteiger partial charge < -0.3 is 20.5 Å². The van der Waals surface area contributed by atoms with Crippen molar-refractivity contribution in [2.24, 2.45) is 12.5 Å². The minimum atomic E-state index is -0.946. The van der Waals surface area contributed by atoms with Gasteiger partial charge in [0, 0.05) is 20.0 Å². The zero-order valence-electron chi connectivity index (χ0n) is 13.0. The lowest BCUT2D eigenvalue weighted by Gasteiger charge is -2.26. The highest BCUT2D eigenvalue weighted by atomic mass is 16.6. The Bertz CT molecular complexity index is 545. The van der Waals surface area contributed by atoms with Crippen LogP contribution in [0, 0.1) is 22.5 Å². The molecule has 8 heteroatoms. The molecular formula is C13H22N4O4. The molecule has 1 atom stereocenters. The molecule has 8 nitrogen and oxygen atoms in total. The number of aromatic nitrogens is 2. The summed E-state index contributed by atoms with van der Waals surface area (Å²) in [6.45, 7) is 7.64. The molecule has 21 heavy (non-hydrogen) atoms. The standard InChI is InChI=1S/C13H22N4O4/c1-8-14-12(17(20)21)11(16(8)5)15-9(6-10(18)19)7-13(2,3)4/h9,15H,6-7H2,1-5H3,(H,18,19). The van der Waals surface area contributed by atoms with E-state index in [9.17, 15) is 14.9 Å². The molecule has 1 unspecified atom stereocenters. The molecule has 0 radical (unpaired) electrons. The molecule has 0 bridgehead atoms. The predicted octanol–water partition coefficient (Wildman–Crippen LogP) is 2.33. The Kier molecular flexibility index (Phi) is 4.93. The second-order valence-electron chi connectivity index (χ2n) is 6.35. The maximum Gasteiger partial charge on any atom is 0.406 e. The van der Waals surface area contributed by atoms with E-state index in [0.717, 1.165) is 0 Å². The van der Waals surface area contributed by atoms with Crippen molar-refractivity contribution in [1.82, 2.24) is 9.55 Å². The average Bonchev–Trinajstić information content (AvgIpc) is 2.54. The van der Waals surface area contributed by atoms with Gasteiger partial charge in [-0.05, 0) is 21.7 Å². The van der Waals surface area contributed by atoms with Crippen LogP contribution in [0.2, 0.25) is 0 Å². The summed E-state index contributed by atoms with van der Waals surface area (Å²) in [5.74, 6) is -0.486. The third-order valence-corrected chi connectivity index (χ3v) is 3.09. The Morgan fingerprint density at radius 1 is 1.52 bits per heavy atom. The van der Waals surface area contributed by atoms with Gasteiger partial charge in [-0.1, -0.05) is 20.8 Å². The zero-order chi connectivity index (χ0) is 16.4. The lowest BCUT2D eigenvalue weighted by molar-refractivity contribution is -0.388. The van der Waals surface area contributed by atoms with Crippen molar-refractivity contribution in [3.63, 3.8) is 0 Å². The summed E-state index contributed by atoms with van der Waals surface area (Å²) in [4.78, 5) is 25.4. The lowest BCUT2D eigenvalue weighted by Crippen LogP contribution is -2.29. The second kappa shape index (κ2) is 6.11. The van der Waals surface area contributed by atoms with Crippen LogP contribution in [-0.2, 0) is 11.8 Å². The summed E-state index contributed by atoms with van der Waals surface area (Å²) in [6.07, 6.45) is 0.458. The van der Waals surface area contributed by atoms with Crippen LogP contribution in [0.3, 0.4) is 0 Å². The Morgan fingerprint density at radius 3 is 2.52 bits per heavy atom. The van der Waals surface area contributed by atoms with Gasteiger partial charge >= 0.3 is 11.8 Å². The number of carboxylic acids is 1. The summed E-state index contributed by atoms with van der Waals surface area (Å²) in [5.41, 5.74) is -0.102. The quantitative estimate of drug-likeness (QED) is 0.616. The molecule has 1 heterocycles. The van der Waals surface area contributed by atoms with Gasteiger partial charge in [-0.2, -0.15) is 0 Å². The number of nitrogens with one attached hydrogen (secondary N) is 1. The predicted molar refractivity (Wildman–Crippen MR) is 78.3 cm³/mol. The molecule has 2 N–H and O–H groups in total. The summed E-state index contributed by atoms with van der Waals surface area (Å²) in [5, 5.41) is 23.0. The van der Waals surface area contributed by atoms with Gasteiger partial charge in [0.25, 0.3) is 0 Å². The topological polar surface area (TPSA) is 110 Å². The van der Waals surface area contributed by atoms with E-state index in [-0.39, 0.29) is 23.5 Å². The highest BCUT2D eigenvalue weighted by Gasteiger charge is 2.28. The number of hydrogen-bond donors (Lipinski definition) is 2. The van der Waals surface area contributed by atoms with Gasteiger partial charge in [-0.15, -0.1) is 0 Å². The number of aliphatic carboxylic acids is 1. The van der Waals surface area contributed by atoms with Crippen LogP contribution in [0.25, 0.3) is 0 Å². The van der Waals surface area contributed by atoms with E-state index in [2.05, 4.69) is 10.3 Å². The Balaban J connectivity index is 3.08. The van der Waals surface area contributed by atoms with Crippen LogP contribution in [0.15, 0.2) is 0 Å². The fourth-order valence-corrected chi connectivity index (χ4v) is 2.20. The number of anilines is 1. The van der Waals surface area contributed by atoms with E-state index in [1.54, 1.807) is 18.5 Å². The van der Waals surface area contributed by atoms with Crippen LogP contribution < -0.4 is 5.32 Å². The molecule has 1 rings (SSSR count). The van der Waals surface area contributed by atoms with Gasteiger partial charge in [0.1, 0.15) is 0 Å².